The fourth-order valence-electron chi connectivity index (χ4n) is 8.60. The molecule has 10 rings (SSSR count). The number of benzene rings is 10. The summed E-state index contributed by atoms with van der Waals surface area (Å²) in [7, 11) is 0. The summed E-state index contributed by atoms with van der Waals surface area (Å²) >= 11 is 0. The van der Waals surface area contributed by atoms with E-state index in [2.05, 4.69) is 10.9 Å². The highest BCUT2D eigenvalue weighted by Gasteiger charge is 2.24. The second-order valence-electron chi connectivity index (χ2n) is 19.8. The second kappa shape index (κ2) is 33.8. The van der Waals surface area contributed by atoms with Crippen LogP contribution >= 0.6 is 0 Å². The first-order valence-electron chi connectivity index (χ1n) is 28.2. The molecule has 17 heteroatoms. The first-order chi connectivity index (χ1) is 43.4. The van der Waals surface area contributed by atoms with Gasteiger partial charge in [0.1, 0.15) is 96.8 Å². The molecule has 10 aromatic rings. The summed E-state index contributed by atoms with van der Waals surface area (Å²) in [4.78, 5) is 49.2. The van der Waals surface area contributed by atoms with Crippen LogP contribution in [-0.4, -0.2) is 39.0 Å². The number of carboxylic acids is 1. The number of nitrogens with one attached hydrogen (secondary N) is 3. The standard InChI is InChI=1S/C36H32N2O6.C28H24O5.C8H10N2O2/c39-30-18-10-17-29(19-30)20-34(40)37-38-36(41)35-32(43-24-27-13-6-2-7-14-27)21-31(42-23-26-11-4-1-5-12-26)22-33(35)44-25-28-15-8-3-9-16-28;29-28(30)27-25(32-19-22-12-6-2-7-13-22)16-24(31-18-21-10-4-1-5-11-21)17-26(27)33-20-23-14-8-3-9-15-23;9-10-8(12)5-6-2-1-3-7(11)4-6/h1-19,21-22,39H,20,23-25H2,(H,37,40)(H,38,41);1-17H,18-20H2,(H,29,30);1-4,11H,5,9H2,(H,10,12). The van der Waals surface area contributed by atoms with Crippen LogP contribution in [-0.2, 0) is 62.1 Å². The molecule has 452 valence electrons. The van der Waals surface area contributed by atoms with Crippen LogP contribution in [0.2, 0.25) is 0 Å². The monoisotopic (exact) mass is 1190 g/mol. The molecule has 3 amide bonds. The number of ether oxygens (including phenoxy) is 6. The Morgan fingerprint density at radius 3 is 0.899 bits per heavy atom. The third kappa shape index (κ3) is 21.2. The van der Waals surface area contributed by atoms with Gasteiger partial charge in [-0.2, -0.15) is 0 Å². The van der Waals surface area contributed by atoms with Crippen LogP contribution in [0.15, 0.2) is 255 Å². The van der Waals surface area contributed by atoms with Crippen molar-refractivity contribution in [3.05, 3.63) is 310 Å². The minimum absolute atomic E-state index is 0.0334. The number of aromatic carboxylic acids is 1. The molecule has 0 spiro atoms. The molecule has 0 aliphatic carbocycles. The normalized spacial score (nSPS) is 10.3. The summed E-state index contributed by atoms with van der Waals surface area (Å²) in [6.45, 7) is 1.45. The molecule has 0 aliphatic heterocycles. The van der Waals surface area contributed by atoms with Crippen LogP contribution in [0, 0.1) is 0 Å². The lowest BCUT2D eigenvalue weighted by molar-refractivity contribution is -0.121. The Morgan fingerprint density at radius 2 is 0.607 bits per heavy atom. The molecule has 0 bridgehead atoms. The van der Waals surface area contributed by atoms with Crippen molar-refractivity contribution in [2.45, 2.75) is 52.5 Å². The van der Waals surface area contributed by atoms with Crippen molar-refractivity contribution in [3.63, 3.8) is 0 Å². The Bertz CT molecular complexity index is 3720. The van der Waals surface area contributed by atoms with Crippen molar-refractivity contribution in [3.8, 4) is 46.0 Å². The van der Waals surface area contributed by atoms with Gasteiger partial charge in [0.2, 0.25) is 11.8 Å². The third-order valence-electron chi connectivity index (χ3n) is 13.0. The van der Waals surface area contributed by atoms with Crippen molar-refractivity contribution in [2.75, 3.05) is 0 Å². The molecule has 0 radical (unpaired) electrons. The molecule has 8 N–H and O–H groups in total. The summed E-state index contributed by atoms with van der Waals surface area (Å²) < 4.78 is 36.3. The van der Waals surface area contributed by atoms with Crippen LogP contribution in [0.5, 0.6) is 46.0 Å². The largest absolute Gasteiger partial charge is 0.508 e. The van der Waals surface area contributed by atoms with E-state index < -0.39 is 17.8 Å². The van der Waals surface area contributed by atoms with E-state index in [-0.39, 0.29) is 90.8 Å². The van der Waals surface area contributed by atoms with Crippen LogP contribution in [0.4, 0.5) is 0 Å². The highest BCUT2D eigenvalue weighted by molar-refractivity contribution is 6.01. The van der Waals surface area contributed by atoms with Gasteiger partial charge in [-0.3, -0.25) is 30.7 Å². The number of rotatable bonds is 24. The van der Waals surface area contributed by atoms with E-state index >= 15 is 0 Å². The quantitative estimate of drug-likeness (QED) is 0.0169. The van der Waals surface area contributed by atoms with E-state index in [0.717, 1.165) is 38.9 Å². The second-order valence-corrected chi connectivity index (χ2v) is 19.8. The smallest absolute Gasteiger partial charge is 0.343 e. The van der Waals surface area contributed by atoms with Crippen molar-refractivity contribution in [1.82, 2.24) is 16.3 Å². The number of carbonyl (C=O) groups is 4. The number of amides is 3. The predicted molar refractivity (Wildman–Crippen MR) is 336 cm³/mol. The van der Waals surface area contributed by atoms with Gasteiger partial charge in [0.25, 0.3) is 5.91 Å². The van der Waals surface area contributed by atoms with Gasteiger partial charge in [-0.05, 0) is 68.8 Å². The number of hydrogen-bond donors (Lipinski definition) is 7. The lowest BCUT2D eigenvalue weighted by Gasteiger charge is -2.19. The molecule has 0 unspecified atom stereocenters. The lowest BCUT2D eigenvalue weighted by Crippen LogP contribution is -2.42. The Kier molecular flexibility index (Phi) is 24.1. The first-order valence-corrected chi connectivity index (χ1v) is 28.2. The summed E-state index contributed by atoms with van der Waals surface area (Å²) in [5.74, 6) is 4.35. The molecule has 0 aromatic heterocycles. The molecule has 0 saturated carbocycles. The fourth-order valence-corrected chi connectivity index (χ4v) is 8.60. The number of nitrogens with two attached hydrogens (primary N) is 1. The van der Waals surface area contributed by atoms with Gasteiger partial charge in [-0.25, -0.2) is 10.6 Å². The molecular weight excluding hydrogens is 1130 g/mol. The number of phenols is 2. The summed E-state index contributed by atoms with van der Waals surface area (Å²) in [6.07, 6.45) is 0.139. The van der Waals surface area contributed by atoms with E-state index in [1.165, 1.54) is 18.2 Å². The maximum absolute atomic E-state index is 13.6. The predicted octanol–water partition coefficient (Wildman–Crippen LogP) is 12.2. The van der Waals surface area contributed by atoms with Crippen LogP contribution in [0.3, 0.4) is 0 Å². The van der Waals surface area contributed by atoms with Crippen molar-refractivity contribution >= 4 is 23.7 Å². The molecule has 0 heterocycles. The SMILES string of the molecule is NNC(=O)Cc1cccc(O)c1.O=C(Cc1cccc(O)c1)NNC(=O)c1c(OCc2ccccc2)cc(OCc2ccccc2)cc1OCc1ccccc1.O=C(O)c1c(OCc2ccccc2)cc(OCc2ccccc2)cc1OCc1ccccc1. The molecule has 17 nitrogen and oxygen atoms in total. The van der Waals surface area contributed by atoms with Crippen LogP contribution in [0.1, 0.15) is 65.2 Å². The number of phenolic OH excluding ortho intramolecular Hbond substituents is 2. The van der Waals surface area contributed by atoms with Gasteiger partial charge in [0, 0.05) is 24.3 Å². The minimum Gasteiger partial charge on any atom is -0.508 e. The Hall–Kier alpha value is -11.6. The Balaban J connectivity index is 0.000000199. The highest BCUT2D eigenvalue weighted by atomic mass is 16.5. The topological polar surface area (TPSA) is 246 Å². The van der Waals surface area contributed by atoms with E-state index in [0.29, 0.717) is 30.3 Å². The van der Waals surface area contributed by atoms with Gasteiger partial charge in [-0.1, -0.05) is 206 Å². The van der Waals surface area contributed by atoms with Gasteiger partial charge < -0.3 is 43.7 Å². The number of hydrazine groups is 2. The van der Waals surface area contributed by atoms with Crippen molar-refractivity contribution in [1.29, 1.82) is 0 Å². The zero-order valence-electron chi connectivity index (χ0n) is 48.4. The average Bonchev–Trinajstić information content (AvgIpc) is 2.97. The summed E-state index contributed by atoms with van der Waals surface area (Å²) in [5.41, 5.74) is 14.0. The molecule has 0 atom stereocenters. The van der Waals surface area contributed by atoms with Crippen LogP contribution < -0.4 is 50.5 Å². The summed E-state index contributed by atoms with van der Waals surface area (Å²) in [6, 6.07) is 77.1. The molecule has 0 fully saturated rings. The molecule has 89 heavy (non-hydrogen) atoms. The average molecular weight is 1200 g/mol. The first kappa shape index (κ1) is 63.5. The molecule has 0 saturated heterocycles. The van der Waals surface area contributed by atoms with Gasteiger partial charge >= 0.3 is 5.97 Å². The molecular formula is C72H66N4O13. The van der Waals surface area contributed by atoms with Crippen molar-refractivity contribution < 1.29 is 62.9 Å². The van der Waals surface area contributed by atoms with E-state index in [4.69, 9.17) is 39.4 Å². The van der Waals surface area contributed by atoms with Gasteiger partial charge in [-0.15, -0.1) is 0 Å². The number of hydrogen-bond acceptors (Lipinski definition) is 13. The Morgan fingerprint density at radius 1 is 0.326 bits per heavy atom. The highest BCUT2D eigenvalue weighted by Crippen LogP contribution is 2.38. The minimum atomic E-state index is -1.13. The van der Waals surface area contributed by atoms with E-state index in [1.807, 2.05) is 187 Å². The number of carbonyl (C=O) groups excluding carboxylic acids is 3. The molecule has 10 aromatic carbocycles. The van der Waals surface area contributed by atoms with Gasteiger partial charge in [0.05, 0.1) is 12.8 Å². The fraction of sp³-hybridized carbons (Fsp3) is 0.111. The zero-order chi connectivity index (χ0) is 62.4. The number of carboxylic acid groups (broad SMARTS) is 1. The lowest BCUT2D eigenvalue weighted by atomic mass is 10.1. The number of aromatic hydroxyl groups is 2. The Labute approximate surface area is 515 Å². The van der Waals surface area contributed by atoms with Crippen LogP contribution in [0.25, 0.3) is 0 Å². The van der Waals surface area contributed by atoms with E-state index in [9.17, 15) is 29.4 Å². The maximum atomic E-state index is 13.6. The maximum Gasteiger partial charge on any atom is 0.343 e. The van der Waals surface area contributed by atoms with Crippen molar-refractivity contribution in [2.24, 2.45) is 5.84 Å². The van der Waals surface area contributed by atoms with E-state index in [1.54, 1.807) is 54.6 Å². The zero-order valence-corrected chi connectivity index (χ0v) is 48.4. The third-order valence-corrected chi connectivity index (χ3v) is 13.0. The summed E-state index contributed by atoms with van der Waals surface area (Å²) in [5, 5.41) is 28.7. The van der Waals surface area contributed by atoms with Gasteiger partial charge in [0.15, 0.2) is 0 Å². The molecule has 0 aliphatic rings.